The largest absolute Gasteiger partial charge is 0.493 e. The van der Waals surface area contributed by atoms with E-state index in [2.05, 4.69) is 10.1 Å². The van der Waals surface area contributed by atoms with E-state index in [4.69, 9.17) is 26.6 Å². The fraction of sp³-hybridized carbons (Fsp3) is 0.467. The van der Waals surface area contributed by atoms with Gasteiger partial charge in [-0.3, -0.25) is 0 Å². The van der Waals surface area contributed by atoms with Gasteiger partial charge in [-0.1, -0.05) is 29.6 Å². The summed E-state index contributed by atoms with van der Waals surface area (Å²) in [6, 6.07) is 7.24. The second-order valence-electron chi connectivity index (χ2n) is 5.43. The van der Waals surface area contributed by atoms with Crippen LogP contribution in [0, 0.1) is 0 Å². The lowest BCUT2D eigenvalue weighted by atomic mass is 9.99. The highest BCUT2D eigenvalue weighted by molar-refractivity contribution is 6.30. The molecule has 3 rings (SSSR count). The van der Waals surface area contributed by atoms with E-state index >= 15 is 0 Å². The molecular formula is C15H18ClN3O2. The summed E-state index contributed by atoms with van der Waals surface area (Å²) in [5, 5.41) is 4.71. The Labute approximate surface area is 128 Å². The van der Waals surface area contributed by atoms with E-state index in [0.29, 0.717) is 29.8 Å². The Morgan fingerprint density at radius 3 is 2.67 bits per heavy atom. The van der Waals surface area contributed by atoms with Crippen LogP contribution in [0.2, 0.25) is 5.02 Å². The molecule has 112 valence electrons. The molecule has 0 radical (unpaired) electrons. The highest BCUT2D eigenvalue weighted by Crippen LogP contribution is 2.34. The Morgan fingerprint density at radius 2 is 1.95 bits per heavy atom. The third-order valence-electron chi connectivity index (χ3n) is 3.81. The summed E-state index contributed by atoms with van der Waals surface area (Å²) in [6.07, 6.45) is 4.66. The third kappa shape index (κ3) is 3.36. The average molecular weight is 308 g/mol. The maximum Gasteiger partial charge on any atom is 0.230 e. The second kappa shape index (κ2) is 6.03. The number of rotatable bonds is 5. The minimum Gasteiger partial charge on any atom is -0.493 e. The van der Waals surface area contributed by atoms with E-state index in [0.717, 1.165) is 31.4 Å². The van der Waals surface area contributed by atoms with Gasteiger partial charge in [0.1, 0.15) is 5.75 Å². The lowest BCUT2D eigenvalue weighted by Crippen LogP contribution is -2.34. The molecule has 0 saturated heterocycles. The Kier molecular flexibility index (Phi) is 4.12. The highest BCUT2D eigenvalue weighted by Gasteiger charge is 2.35. The van der Waals surface area contributed by atoms with Crippen molar-refractivity contribution >= 4 is 11.6 Å². The highest BCUT2D eigenvalue weighted by atomic mass is 35.5. The summed E-state index contributed by atoms with van der Waals surface area (Å²) in [5.41, 5.74) is 5.89. The topological polar surface area (TPSA) is 74.2 Å². The lowest BCUT2D eigenvalue weighted by molar-refractivity contribution is 0.290. The van der Waals surface area contributed by atoms with Crippen molar-refractivity contribution in [2.45, 2.75) is 37.6 Å². The number of benzene rings is 1. The summed E-state index contributed by atoms with van der Waals surface area (Å²) in [4.78, 5) is 4.41. The summed E-state index contributed by atoms with van der Waals surface area (Å²) in [5.74, 6) is 1.96. The van der Waals surface area contributed by atoms with Crippen LogP contribution < -0.4 is 10.5 Å². The smallest absolute Gasteiger partial charge is 0.230 e. The van der Waals surface area contributed by atoms with Crippen LogP contribution in [0.25, 0.3) is 0 Å². The van der Waals surface area contributed by atoms with Crippen molar-refractivity contribution < 1.29 is 9.26 Å². The second-order valence-corrected chi connectivity index (χ2v) is 5.86. The van der Waals surface area contributed by atoms with Gasteiger partial charge in [-0.05, 0) is 37.1 Å². The van der Waals surface area contributed by atoms with Gasteiger partial charge in [0.15, 0.2) is 5.82 Å². The van der Waals surface area contributed by atoms with Crippen molar-refractivity contribution in [3.05, 3.63) is 41.0 Å². The molecule has 21 heavy (non-hydrogen) atoms. The number of halogens is 1. The molecule has 0 bridgehead atoms. The van der Waals surface area contributed by atoms with Crippen molar-refractivity contribution in [2.75, 3.05) is 6.61 Å². The lowest BCUT2D eigenvalue weighted by Gasteiger charge is -2.17. The first kappa shape index (κ1) is 14.4. The SMILES string of the molecule is NC1(c2noc(CCOc3ccc(Cl)cc3)n2)CCCC1. The van der Waals surface area contributed by atoms with E-state index in [1.807, 2.05) is 12.1 Å². The number of ether oxygens (including phenoxy) is 1. The van der Waals surface area contributed by atoms with E-state index in [1.165, 1.54) is 0 Å². The van der Waals surface area contributed by atoms with Gasteiger partial charge in [0, 0.05) is 5.02 Å². The fourth-order valence-electron chi connectivity index (χ4n) is 2.58. The maximum absolute atomic E-state index is 6.30. The Morgan fingerprint density at radius 1 is 1.24 bits per heavy atom. The normalized spacial score (nSPS) is 17.0. The molecule has 6 heteroatoms. The molecule has 0 atom stereocenters. The maximum atomic E-state index is 6.30. The standard InChI is InChI=1S/C15H18ClN3O2/c16-11-3-5-12(6-4-11)20-10-7-13-18-14(19-21-13)15(17)8-1-2-9-15/h3-6H,1-2,7-10,17H2. The zero-order valence-electron chi connectivity index (χ0n) is 11.7. The van der Waals surface area contributed by atoms with Crippen LogP contribution in [0.1, 0.15) is 37.4 Å². The minimum absolute atomic E-state index is 0.404. The molecule has 0 unspecified atom stereocenters. The van der Waals surface area contributed by atoms with Crippen molar-refractivity contribution in [3.63, 3.8) is 0 Å². The molecule has 1 aromatic carbocycles. The molecule has 1 fully saturated rings. The van der Waals surface area contributed by atoms with Crippen LogP contribution in [0.15, 0.2) is 28.8 Å². The molecule has 1 saturated carbocycles. The molecule has 0 amide bonds. The van der Waals surface area contributed by atoms with Crippen molar-refractivity contribution in [1.82, 2.24) is 10.1 Å². The van der Waals surface area contributed by atoms with Crippen molar-refractivity contribution in [2.24, 2.45) is 5.73 Å². The molecule has 1 aliphatic carbocycles. The molecule has 0 aliphatic heterocycles. The van der Waals surface area contributed by atoms with Crippen LogP contribution in [0.3, 0.4) is 0 Å². The monoisotopic (exact) mass is 307 g/mol. The molecule has 1 aromatic heterocycles. The van der Waals surface area contributed by atoms with Crippen molar-refractivity contribution in [3.8, 4) is 5.75 Å². The van der Waals surface area contributed by atoms with Gasteiger partial charge in [0.05, 0.1) is 18.6 Å². The number of nitrogens with two attached hydrogens (primary N) is 1. The Bertz CT molecular complexity index is 591. The predicted octanol–water partition coefficient (Wildman–Crippen LogP) is 3.07. The molecule has 2 N–H and O–H groups in total. The summed E-state index contributed by atoms with van der Waals surface area (Å²) >= 11 is 5.82. The predicted molar refractivity (Wildman–Crippen MR) is 79.3 cm³/mol. The van der Waals surface area contributed by atoms with E-state index in [-0.39, 0.29) is 0 Å². The van der Waals surface area contributed by atoms with Gasteiger partial charge in [0.25, 0.3) is 0 Å². The van der Waals surface area contributed by atoms with Crippen molar-refractivity contribution in [1.29, 1.82) is 0 Å². The zero-order chi connectivity index (χ0) is 14.7. The number of hydrogen-bond donors (Lipinski definition) is 1. The molecule has 2 aromatic rings. The zero-order valence-corrected chi connectivity index (χ0v) is 12.5. The summed E-state index contributed by atoms with van der Waals surface area (Å²) < 4.78 is 10.9. The first-order valence-electron chi connectivity index (χ1n) is 7.16. The number of nitrogens with zero attached hydrogens (tertiary/aromatic N) is 2. The van der Waals surface area contributed by atoms with Gasteiger partial charge in [0.2, 0.25) is 5.89 Å². The van der Waals surface area contributed by atoms with Crippen LogP contribution in [0.5, 0.6) is 5.75 Å². The molecule has 1 aliphatic rings. The average Bonchev–Trinajstić information content (AvgIpc) is 3.11. The quantitative estimate of drug-likeness (QED) is 0.919. The van der Waals surface area contributed by atoms with E-state index in [9.17, 15) is 0 Å². The first-order chi connectivity index (χ1) is 10.2. The molecule has 5 nitrogen and oxygen atoms in total. The third-order valence-corrected chi connectivity index (χ3v) is 4.06. The van der Waals surface area contributed by atoms with Gasteiger partial charge in [-0.25, -0.2) is 0 Å². The number of hydrogen-bond acceptors (Lipinski definition) is 5. The van der Waals surface area contributed by atoms with Crippen LogP contribution in [-0.2, 0) is 12.0 Å². The number of aromatic nitrogens is 2. The fourth-order valence-corrected chi connectivity index (χ4v) is 2.70. The van der Waals surface area contributed by atoms with Crippen LogP contribution in [0.4, 0.5) is 0 Å². The van der Waals surface area contributed by atoms with E-state index in [1.54, 1.807) is 12.1 Å². The van der Waals surface area contributed by atoms with Gasteiger partial charge in [-0.15, -0.1) is 0 Å². The van der Waals surface area contributed by atoms with Gasteiger partial charge >= 0.3 is 0 Å². The Balaban J connectivity index is 1.54. The van der Waals surface area contributed by atoms with Crippen LogP contribution >= 0.6 is 11.6 Å². The van der Waals surface area contributed by atoms with Gasteiger partial charge < -0.3 is 15.0 Å². The molecule has 0 spiro atoms. The van der Waals surface area contributed by atoms with E-state index < -0.39 is 5.54 Å². The van der Waals surface area contributed by atoms with Crippen LogP contribution in [-0.4, -0.2) is 16.7 Å². The molecule has 1 heterocycles. The summed E-state index contributed by atoms with van der Waals surface area (Å²) in [7, 11) is 0. The minimum atomic E-state index is -0.404. The molecular weight excluding hydrogens is 290 g/mol. The van der Waals surface area contributed by atoms with Gasteiger partial charge in [-0.2, -0.15) is 4.98 Å². The Hall–Kier alpha value is -1.59. The summed E-state index contributed by atoms with van der Waals surface area (Å²) in [6.45, 7) is 0.473. The first-order valence-corrected chi connectivity index (χ1v) is 7.54.